The van der Waals surface area contributed by atoms with Crippen LogP contribution < -0.4 is 4.74 Å². The molecule has 0 saturated heterocycles. The Balaban J connectivity index is 2.19. The van der Waals surface area contributed by atoms with Crippen LogP contribution in [0.5, 0.6) is 5.75 Å². The van der Waals surface area contributed by atoms with Crippen molar-refractivity contribution >= 4 is 17.2 Å². The molecule has 0 aliphatic carbocycles. The van der Waals surface area contributed by atoms with Crippen molar-refractivity contribution in [2.24, 2.45) is 0 Å². The molecule has 2 aromatic rings. The van der Waals surface area contributed by atoms with Crippen molar-refractivity contribution in [1.82, 2.24) is 0 Å². The van der Waals surface area contributed by atoms with Crippen molar-refractivity contribution in [3.05, 3.63) is 64.4 Å². The van der Waals surface area contributed by atoms with Gasteiger partial charge < -0.3 is 9.94 Å². The van der Waals surface area contributed by atoms with Gasteiger partial charge >= 0.3 is 0 Å². The Morgan fingerprint density at radius 2 is 1.76 bits per heavy atom. The zero-order valence-corrected chi connectivity index (χ0v) is 10.9. The zero-order chi connectivity index (χ0) is 15.1. The van der Waals surface area contributed by atoms with E-state index >= 15 is 0 Å². The molecule has 0 saturated carbocycles. The molecular formula is C15H9F2NO3. The van der Waals surface area contributed by atoms with E-state index in [4.69, 9.17) is 4.74 Å². The first kappa shape index (κ1) is 13.2. The van der Waals surface area contributed by atoms with Gasteiger partial charge in [0.15, 0.2) is 0 Å². The predicted molar refractivity (Wildman–Crippen MR) is 71.1 cm³/mol. The van der Waals surface area contributed by atoms with Gasteiger partial charge in [-0.15, -0.1) is 0 Å². The second kappa shape index (κ2) is 4.66. The first-order chi connectivity index (χ1) is 10.0. The molecule has 1 aliphatic heterocycles. The molecule has 1 heterocycles. The number of ketones is 1. The van der Waals surface area contributed by atoms with Gasteiger partial charge in [-0.3, -0.25) is 4.79 Å². The Kier molecular flexibility index (Phi) is 2.94. The summed E-state index contributed by atoms with van der Waals surface area (Å²) in [4.78, 5) is 12.3. The van der Waals surface area contributed by atoms with Crippen molar-refractivity contribution in [3.8, 4) is 5.75 Å². The summed E-state index contributed by atoms with van der Waals surface area (Å²) in [6.45, 7) is 0. The van der Waals surface area contributed by atoms with Gasteiger partial charge in [0, 0.05) is 6.07 Å². The lowest BCUT2D eigenvalue weighted by atomic mass is 10.0. The van der Waals surface area contributed by atoms with Crippen molar-refractivity contribution in [1.29, 1.82) is 0 Å². The van der Waals surface area contributed by atoms with Crippen LogP contribution in [0.3, 0.4) is 0 Å². The lowest BCUT2D eigenvalue weighted by Crippen LogP contribution is -2.17. The van der Waals surface area contributed by atoms with Crippen LogP contribution >= 0.6 is 0 Å². The maximum atomic E-state index is 13.3. The number of nitrogens with zero attached hydrogens (tertiary/aromatic N) is 1. The van der Waals surface area contributed by atoms with E-state index in [1.165, 1.54) is 19.2 Å². The molecule has 2 aromatic carbocycles. The molecule has 6 heteroatoms. The highest BCUT2D eigenvalue weighted by Gasteiger charge is 2.37. The van der Waals surface area contributed by atoms with E-state index in [-0.39, 0.29) is 22.5 Å². The van der Waals surface area contributed by atoms with E-state index in [2.05, 4.69) is 0 Å². The van der Waals surface area contributed by atoms with Crippen LogP contribution in [-0.2, 0) is 0 Å². The minimum atomic E-state index is -0.854. The zero-order valence-electron chi connectivity index (χ0n) is 10.9. The van der Waals surface area contributed by atoms with Crippen molar-refractivity contribution < 1.29 is 23.1 Å². The molecule has 0 bridgehead atoms. The number of carbonyl (C=O) groups is 1. The minimum Gasteiger partial charge on any atom is -0.618 e. The lowest BCUT2D eigenvalue weighted by molar-refractivity contribution is -0.355. The van der Waals surface area contributed by atoms with Crippen LogP contribution in [0, 0.1) is 16.8 Å². The van der Waals surface area contributed by atoms with E-state index in [1.807, 2.05) is 0 Å². The molecule has 0 radical (unpaired) electrons. The quantitative estimate of drug-likeness (QED) is 0.631. The summed E-state index contributed by atoms with van der Waals surface area (Å²) < 4.78 is 31.9. The second-order valence-corrected chi connectivity index (χ2v) is 4.51. The Labute approximate surface area is 118 Å². The lowest BCUT2D eigenvalue weighted by Gasteiger charge is -2.03. The Bertz CT molecular complexity index is 779. The second-order valence-electron chi connectivity index (χ2n) is 4.51. The Morgan fingerprint density at radius 1 is 1.10 bits per heavy atom. The SMILES string of the molecule is COc1ccc2c(c1)[N+]([O-])=C(c1cc(F)cc(F)c1)C2=O. The van der Waals surface area contributed by atoms with Gasteiger partial charge in [-0.25, -0.2) is 8.78 Å². The summed E-state index contributed by atoms with van der Waals surface area (Å²) in [5.74, 6) is -1.87. The average molecular weight is 289 g/mol. The van der Waals surface area contributed by atoms with Crippen LogP contribution in [0.4, 0.5) is 14.5 Å². The summed E-state index contributed by atoms with van der Waals surface area (Å²) in [5.41, 5.74) is -0.135. The largest absolute Gasteiger partial charge is 0.618 e. The van der Waals surface area contributed by atoms with E-state index in [0.717, 1.165) is 12.1 Å². The summed E-state index contributed by atoms with van der Waals surface area (Å²) in [6.07, 6.45) is 0. The molecule has 0 amide bonds. The maximum Gasteiger partial charge on any atom is 0.273 e. The fourth-order valence-corrected chi connectivity index (χ4v) is 2.28. The summed E-state index contributed by atoms with van der Waals surface area (Å²) >= 11 is 0. The fraction of sp³-hybridized carbons (Fsp3) is 0.0667. The average Bonchev–Trinajstić information content (AvgIpc) is 2.69. The molecular weight excluding hydrogens is 280 g/mol. The third-order valence-electron chi connectivity index (χ3n) is 3.22. The molecule has 21 heavy (non-hydrogen) atoms. The first-order valence-electron chi connectivity index (χ1n) is 6.04. The van der Waals surface area contributed by atoms with E-state index < -0.39 is 17.4 Å². The predicted octanol–water partition coefficient (Wildman–Crippen LogP) is 2.80. The van der Waals surface area contributed by atoms with Gasteiger partial charge in [-0.2, -0.15) is 4.74 Å². The Morgan fingerprint density at radius 3 is 2.38 bits per heavy atom. The van der Waals surface area contributed by atoms with Crippen LogP contribution in [-0.4, -0.2) is 23.3 Å². The highest BCUT2D eigenvalue weighted by Crippen LogP contribution is 2.31. The molecule has 0 fully saturated rings. The molecule has 0 aromatic heterocycles. The standard InChI is InChI=1S/C15H9F2NO3/c1-21-11-2-3-12-13(7-11)18(20)14(15(12)19)8-4-9(16)6-10(17)5-8/h2-7H,1H3. The van der Waals surface area contributed by atoms with E-state index in [0.29, 0.717) is 16.6 Å². The molecule has 0 atom stereocenters. The number of halogens is 2. The Hall–Kier alpha value is -2.76. The topological polar surface area (TPSA) is 52.4 Å². The summed E-state index contributed by atoms with van der Waals surface area (Å²) in [7, 11) is 1.43. The number of fused-ring (bicyclic) bond motifs is 1. The number of methoxy groups -OCH3 is 1. The third kappa shape index (κ3) is 2.05. The monoisotopic (exact) mass is 289 g/mol. The van der Waals surface area contributed by atoms with Gasteiger partial charge in [0.05, 0.1) is 18.7 Å². The number of ether oxygens (including phenoxy) is 1. The molecule has 4 nitrogen and oxygen atoms in total. The van der Waals surface area contributed by atoms with Crippen LogP contribution in [0.25, 0.3) is 0 Å². The van der Waals surface area contributed by atoms with Gasteiger partial charge in [-0.05, 0) is 24.3 Å². The van der Waals surface area contributed by atoms with Crippen molar-refractivity contribution in [2.45, 2.75) is 0 Å². The highest BCUT2D eigenvalue weighted by atomic mass is 19.1. The van der Waals surface area contributed by atoms with Gasteiger partial charge in [0.25, 0.3) is 11.5 Å². The highest BCUT2D eigenvalue weighted by molar-refractivity contribution is 6.52. The van der Waals surface area contributed by atoms with Crippen LogP contribution in [0.2, 0.25) is 0 Å². The number of carbonyl (C=O) groups excluding carboxylic acids is 1. The fourth-order valence-electron chi connectivity index (χ4n) is 2.28. The molecule has 1 aliphatic rings. The van der Waals surface area contributed by atoms with Crippen LogP contribution in [0.15, 0.2) is 36.4 Å². The van der Waals surface area contributed by atoms with E-state index in [1.54, 1.807) is 6.07 Å². The molecule has 0 N–H and O–H groups in total. The number of hydrogen-bond donors (Lipinski definition) is 0. The molecule has 3 rings (SSSR count). The molecule has 106 valence electrons. The third-order valence-corrected chi connectivity index (χ3v) is 3.22. The number of benzene rings is 2. The number of Topliss-reactive ketones (excluding diaryl/α,β-unsaturated/α-hetero) is 1. The summed E-state index contributed by atoms with van der Waals surface area (Å²) in [5, 5.41) is 12.3. The maximum absolute atomic E-state index is 13.3. The van der Waals surface area contributed by atoms with Crippen molar-refractivity contribution in [3.63, 3.8) is 0 Å². The van der Waals surface area contributed by atoms with Gasteiger partial charge in [0.1, 0.15) is 22.9 Å². The van der Waals surface area contributed by atoms with Crippen molar-refractivity contribution in [2.75, 3.05) is 7.11 Å². The minimum absolute atomic E-state index is 0.0948. The first-order valence-corrected chi connectivity index (χ1v) is 6.04. The van der Waals surface area contributed by atoms with E-state index in [9.17, 15) is 18.8 Å². The van der Waals surface area contributed by atoms with Crippen LogP contribution in [0.1, 0.15) is 15.9 Å². The van der Waals surface area contributed by atoms with Gasteiger partial charge in [-0.1, -0.05) is 0 Å². The molecule has 0 spiro atoms. The number of rotatable bonds is 2. The van der Waals surface area contributed by atoms with Gasteiger partial charge in [0.2, 0.25) is 5.69 Å². The normalized spacial score (nSPS) is 13.6. The smallest absolute Gasteiger partial charge is 0.273 e. The molecule has 0 unspecified atom stereocenters. The summed E-state index contributed by atoms with van der Waals surface area (Å²) in [6, 6.07) is 6.97. The number of hydrogen-bond acceptors (Lipinski definition) is 3.